The molecular formula is C18H26N4O3. The Labute approximate surface area is 147 Å². The average Bonchev–Trinajstić information content (AvgIpc) is 2.58. The van der Waals surface area contributed by atoms with Crippen LogP contribution >= 0.6 is 0 Å². The number of hydrogen-bond acceptors (Lipinski definition) is 4. The fourth-order valence-corrected chi connectivity index (χ4v) is 3.22. The molecule has 4 N–H and O–H groups in total. The van der Waals surface area contributed by atoms with Crippen molar-refractivity contribution >= 4 is 23.4 Å². The lowest BCUT2D eigenvalue weighted by Crippen LogP contribution is -2.43. The molecule has 1 aromatic carbocycles. The van der Waals surface area contributed by atoms with Gasteiger partial charge < -0.3 is 21.3 Å². The second-order valence-electron chi connectivity index (χ2n) is 6.73. The number of likely N-dealkylation sites (tertiary alicyclic amines) is 1. The molecule has 7 heteroatoms. The lowest BCUT2D eigenvalue weighted by molar-refractivity contribution is -0.123. The third-order valence-corrected chi connectivity index (χ3v) is 4.22. The van der Waals surface area contributed by atoms with E-state index in [1.54, 1.807) is 24.3 Å². The Bertz CT molecular complexity index is 637. The molecule has 0 aromatic heterocycles. The first-order valence-electron chi connectivity index (χ1n) is 8.55. The Balaban J connectivity index is 2.08. The van der Waals surface area contributed by atoms with Gasteiger partial charge in [0.2, 0.25) is 11.8 Å². The number of nitrogens with one attached hydrogen (secondary N) is 2. The second kappa shape index (κ2) is 8.62. The maximum Gasteiger partial charge on any atom is 0.255 e. The van der Waals surface area contributed by atoms with Gasteiger partial charge in [0.1, 0.15) is 0 Å². The van der Waals surface area contributed by atoms with Crippen LogP contribution in [0.25, 0.3) is 0 Å². The number of rotatable bonds is 5. The van der Waals surface area contributed by atoms with Gasteiger partial charge in [-0.05, 0) is 30.4 Å². The van der Waals surface area contributed by atoms with Gasteiger partial charge in [0.15, 0.2) is 0 Å². The molecular weight excluding hydrogens is 320 g/mol. The molecule has 0 saturated carbocycles. The zero-order valence-electron chi connectivity index (χ0n) is 14.7. The topological polar surface area (TPSA) is 105 Å². The fourth-order valence-electron chi connectivity index (χ4n) is 3.22. The van der Waals surface area contributed by atoms with Gasteiger partial charge >= 0.3 is 0 Å². The van der Waals surface area contributed by atoms with Gasteiger partial charge in [0, 0.05) is 13.1 Å². The molecule has 0 radical (unpaired) electrons. The monoisotopic (exact) mass is 346 g/mol. The number of para-hydroxylation sites is 1. The largest absolute Gasteiger partial charge is 0.346 e. The van der Waals surface area contributed by atoms with E-state index in [4.69, 9.17) is 5.73 Å². The van der Waals surface area contributed by atoms with Crippen LogP contribution in [0.5, 0.6) is 0 Å². The van der Waals surface area contributed by atoms with Crippen LogP contribution in [0.15, 0.2) is 24.3 Å². The van der Waals surface area contributed by atoms with Crippen molar-refractivity contribution in [2.45, 2.75) is 20.3 Å². The van der Waals surface area contributed by atoms with Gasteiger partial charge in [0.05, 0.1) is 24.3 Å². The lowest BCUT2D eigenvalue weighted by atomic mass is 9.91. The van der Waals surface area contributed by atoms with E-state index < -0.39 is 11.8 Å². The number of amides is 3. The molecule has 2 atom stereocenters. The van der Waals surface area contributed by atoms with Gasteiger partial charge in [0.25, 0.3) is 5.91 Å². The summed E-state index contributed by atoms with van der Waals surface area (Å²) in [6.45, 7) is 5.37. The predicted molar refractivity (Wildman–Crippen MR) is 96.0 cm³/mol. The number of carbonyl (C=O) groups is 3. The van der Waals surface area contributed by atoms with Crippen molar-refractivity contribution in [3.05, 3.63) is 29.8 Å². The van der Waals surface area contributed by atoms with E-state index in [0.717, 1.165) is 19.5 Å². The van der Waals surface area contributed by atoms with Crippen LogP contribution in [0.1, 0.15) is 30.6 Å². The van der Waals surface area contributed by atoms with Crippen LogP contribution < -0.4 is 16.4 Å². The quantitative estimate of drug-likeness (QED) is 0.734. The molecule has 2 rings (SSSR count). The SMILES string of the molecule is CC1CC(C)CN(C(=O)c2ccccc2NC(=O)CNC(=O)CN)C1. The number of piperidine rings is 1. The van der Waals surface area contributed by atoms with Gasteiger partial charge in [-0.2, -0.15) is 0 Å². The molecule has 1 heterocycles. The molecule has 0 bridgehead atoms. The third kappa shape index (κ3) is 5.29. The van der Waals surface area contributed by atoms with Crippen LogP contribution in [0.2, 0.25) is 0 Å². The van der Waals surface area contributed by atoms with E-state index in [1.807, 2.05) is 4.90 Å². The molecule has 7 nitrogen and oxygen atoms in total. The summed E-state index contributed by atoms with van der Waals surface area (Å²) in [6, 6.07) is 6.93. The number of benzene rings is 1. The highest BCUT2D eigenvalue weighted by molar-refractivity contribution is 6.04. The number of carbonyl (C=O) groups excluding carboxylic acids is 3. The maximum absolute atomic E-state index is 12.9. The Morgan fingerprint density at radius 1 is 1.12 bits per heavy atom. The van der Waals surface area contributed by atoms with Crippen molar-refractivity contribution in [1.82, 2.24) is 10.2 Å². The summed E-state index contributed by atoms with van der Waals surface area (Å²) in [4.78, 5) is 37.9. The first-order chi connectivity index (χ1) is 11.9. The van der Waals surface area contributed by atoms with Crippen molar-refractivity contribution in [3.8, 4) is 0 Å². The Morgan fingerprint density at radius 3 is 2.40 bits per heavy atom. The fraction of sp³-hybridized carbons (Fsp3) is 0.500. The van der Waals surface area contributed by atoms with Crippen LogP contribution in [0, 0.1) is 11.8 Å². The van der Waals surface area contributed by atoms with Gasteiger partial charge in [-0.25, -0.2) is 0 Å². The minimum absolute atomic E-state index is 0.0831. The van der Waals surface area contributed by atoms with Crippen LogP contribution in [0.3, 0.4) is 0 Å². The zero-order chi connectivity index (χ0) is 18.4. The van der Waals surface area contributed by atoms with Gasteiger partial charge in [-0.3, -0.25) is 14.4 Å². The van der Waals surface area contributed by atoms with Gasteiger partial charge in [-0.15, -0.1) is 0 Å². The summed E-state index contributed by atoms with van der Waals surface area (Å²) >= 11 is 0. The van der Waals surface area contributed by atoms with E-state index in [0.29, 0.717) is 23.1 Å². The van der Waals surface area contributed by atoms with Gasteiger partial charge in [-0.1, -0.05) is 26.0 Å². The highest BCUT2D eigenvalue weighted by atomic mass is 16.2. The van der Waals surface area contributed by atoms with Crippen molar-refractivity contribution in [1.29, 1.82) is 0 Å². The van der Waals surface area contributed by atoms with Crippen molar-refractivity contribution in [2.24, 2.45) is 17.6 Å². The Hall–Kier alpha value is -2.41. The third-order valence-electron chi connectivity index (χ3n) is 4.22. The number of anilines is 1. The average molecular weight is 346 g/mol. The zero-order valence-corrected chi connectivity index (χ0v) is 14.7. The van der Waals surface area contributed by atoms with Crippen LogP contribution in [-0.4, -0.2) is 48.8 Å². The molecule has 1 aromatic rings. The van der Waals surface area contributed by atoms with Crippen LogP contribution in [-0.2, 0) is 9.59 Å². The molecule has 0 aliphatic carbocycles. The molecule has 2 unspecified atom stereocenters. The molecule has 136 valence electrons. The normalized spacial score (nSPS) is 20.0. The lowest BCUT2D eigenvalue weighted by Gasteiger charge is -2.35. The Kier molecular flexibility index (Phi) is 6.52. The standard InChI is InChI=1S/C18H26N4O3/c1-12-7-13(2)11-22(10-12)18(25)14-5-3-4-6-15(14)21-17(24)9-20-16(23)8-19/h3-6,12-13H,7-11,19H2,1-2H3,(H,20,23)(H,21,24). The minimum Gasteiger partial charge on any atom is -0.346 e. The molecule has 3 amide bonds. The first kappa shape index (κ1) is 18.9. The number of nitrogens with zero attached hydrogens (tertiary/aromatic N) is 1. The predicted octanol–water partition coefficient (Wildman–Crippen LogP) is 0.818. The summed E-state index contributed by atoms with van der Waals surface area (Å²) in [5.41, 5.74) is 6.10. The number of hydrogen-bond donors (Lipinski definition) is 3. The van der Waals surface area contributed by atoms with Crippen molar-refractivity contribution in [3.63, 3.8) is 0 Å². The summed E-state index contributed by atoms with van der Waals surface area (Å²) in [5.74, 6) is 0.0281. The highest BCUT2D eigenvalue weighted by Gasteiger charge is 2.27. The van der Waals surface area contributed by atoms with Crippen molar-refractivity contribution < 1.29 is 14.4 Å². The maximum atomic E-state index is 12.9. The van der Waals surface area contributed by atoms with E-state index in [9.17, 15) is 14.4 Å². The van der Waals surface area contributed by atoms with E-state index >= 15 is 0 Å². The Morgan fingerprint density at radius 2 is 1.76 bits per heavy atom. The van der Waals surface area contributed by atoms with Crippen LogP contribution in [0.4, 0.5) is 5.69 Å². The van der Waals surface area contributed by atoms with E-state index in [-0.39, 0.29) is 19.0 Å². The second-order valence-corrected chi connectivity index (χ2v) is 6.73. The summed E-state index contributed by atoms with van der Waals surface area (Å²) in [6.07, 6.45) is 1.11. The summed E-state index contributed by atoms with van der Waals surface area (Å²) < 4.78 is 0. The van der Waals surface area contributed by atoms with E-state index in [1.165, 1.54) is 0 Å². The number of nitrogens with two attached hydrogens (primary N) is 1. The molecule has 1 aliphatic heterocycles. The summed E-state index contributed by atoms with van der Waals surface area (Å²) in [5, 5.41) is 5.10. The highest BCUT2D eigenvalue weighted by Crippen LogP contribution is 2.24. The first-order valence-corrected chi connectivity index (χ1v) is 8.55. The molecule has 0 spiro atoms. The smallest absolute Gasteiger partial charge is 0.255 e. The molecule has 1 aliphatic rings. The molecule has 1 fully saturated rings. The van der Waals surface area contributed by atoms with E-state index in [2.05, 4.69) is 24.5 Å². The summed E-state index contributed by atoms with van der Waals surface area (Å²) in [7, 11) is 0. The minimum atomic E-state index is -0.407. The molecule has 1 saturated heterocycles. The van der Waals surface area contributed by atoms with Crippen molar-refractivity contribution in [2.75, 3.05) is 31.5 Å². The molecule has 25 heavy (non-hydrogen) atoms.